The van der Waals surface area contributed by atoms with Crippen molar-refractivity contribution in [1.29, 1.82) is 0 Å². The molecule has 1 saturated heterocycles. The van der Waals surface area contributed by atoms with E-state index in [9.17, 15) is 9.59 Å². The minimum atomic E-state index is -0.418. The van der Waals surface area contributed by atoms with Gasteiger partial charge in [-0.25, -0.2) is 9.78 Å². The molecule has 4 rings (SSSR count). The molecular weight excluding hydrogens is 441 g/mol. The summed E-state index contributed by atoms with van der Waals surface area (Å²) in [5.41, 5.74) is 0.582. The maximum atomic E-state index is 13.1. The van der Waals surface area contributed by atoms with Gasteiger partial charge in [0.25, 0.3) is 5.56 Å². The van der Waals surface area contributed by atoms with Crippen LogP contribution in [0.1, 0.15) is 25.2 Å². The Bertz CT molecular complexity index is 1230. The fourth-order valence-corrected chi connectivity index (χ4v) is 4.75. The molecule has 1 aromatic carbocycles. The van der Waals surface area contributed by atoms with Gasteiger partial charge in [0.05, 0.1) is 25.3 Å². The van der Waals surface area contributed by atoms with E-state index in [0.717, 1.165) is 17.7 Å². The highest BCUT2D eigenvalue weighted by molar-refractivity contribution is 6.36. The van der Waals surface area contributed by atoms with Crippen molar-refractivity contribution in [2.24, 2.45) is 14.1 Å². The van der Waals surface area contributed by atoms with Gasteiger partial charge in [0, 0.05) is 42.8 Å². The van der Waals surface area contributed by atoms with E-state index in [1.165, 1.54) is 11.6 Å². The fraction of sp³-hybridized carbons (Fsp3) is 0.476. The summed E-state index contributed by atoms with van der Waals surface area (Å²) in [6, 6.07) is 5.31. The number of aryl methyl sites for hydroxylation is 1. The Labute approximate surface area is 189 Å². The van der Waals surface area contributed by atoms with E-state index >= 15 is 0 Å². The number of halogens is 2. The smallest absolute Gasteiger partial charge is 0.332 e. The minimum Gasteiger partial charge on any atom is -0.373 e. The standard InChI is InChI=1S/C21H25Cl2N5O3/c1-12-8-27(9-13(2)31-12)11-17-24-19-18(20(29)26(4)21(30)25(19)3)28(17)10-14-15(22)6-5-7-16(14)23/h5-7,12-13H,8-11H2,1-4H3/t12-,13-/m1/s1. The van der Waals surface area contributed by atoms with Crippen LogP contribution in [0.4, 0.5) is 0 Å². The summed E-state index contributed by atoms with van der Waals surface area (Å²) in [6.07, 6.45) is 0.189. The fourth-order valence-electron chi connectivity index (χ4n) is 4.24. The molecular formula is C21H25Cl2N5O3. The van der Waals surface area contributed by atoms with Crippen molar-refractivity contribution in [1.82, 2.24) is 23.6 Å². The second kappa shape index (κ2) is 8.43. The Hall–Kier alpha value is -2.13. The SMILES string of the molecule is C[C@@H]1CN(Cc2nc3c(c(=O)n(C)c(=O)n3C)n2Cc2c(Cl)cccc2Cl)C[C@@H](C)O1. The zero-order valence-electron chi connectivity index (χ0n) is 17.9. The third-order valence-corrected chi connectivity index (χ3v) is 6.37. The molecule has 166 valence electrons. The largest absolute Gasteiger partial charge is 0.373 e. The lowest BCUT2D eigenvalue weighted by Crippen LogP contribution is -2.45. The van der Waals surface area contributed by atoms with Gasteiger partial charge in [-0.05, 0) is 26.0 Å². The van der Waals surface area contributed by atoms with Gasteiger partial charge in [-0.2, -0.15) is 0 Å². The molecule has 3 heterocycles. The van der Waals surface area contributed by atoms with Gasteiger partial charge in [0.1, 0.15) is 5.82 Å². The second-order valence-corrected chi connectivity index (χ2v) is 8.96. The molecule has 0 saturated carbocycles. The van der Waals surface area contributed by atoms with Crippen molar-refractivity contribution < 1.29 is 4.74 Å². The van der Waals surface area contributed by atoms with E-state index in [1.54, 1.807) is 25.2 Å². The lowest BCUT2D eigenvalue weighted by Gasteiger charge is -2.35. The monoisotopic (exact) mass is 465 g/mol. The van der Waals surface area contributed by atoms with Crippen LogP contribution in [0.2, 0.25) is 10.0 Å². The van der Waals surface area contributed by atoms with Crippen molar-refractivity contribution in [3.63, 3.8) is 0 Å². The Morgan fingerprint density at radius 1 is 1.03 bits per heavy atom. The van der Waals surface area contributed by atoms with E-state index < -0.39 is 11.2 Å². The molecule has 0 radical (unpaired) electrons. The minimum absolute atomic E-state index is 0.0943. The highest BCUT2D eigenvalue weighted by atomic mass is 35.5. The average Bonchev–Trinajstić information content (AvgIpc) is 3.05. The quantitative estimate of drug-likeness (QED) is 0.591. The van der Waals surface area contributed by atoms with Gasteiger partial charge in [-0.1, -0.05) is 29.3 Å². The van der Waals surface area contributed by atoms with E-state index in [-0.39, 0.29) is 18.8 Å². The number of rotatable bonds is 4. The molecule has 0 amide bonds. The van der Waals surface area contributed by atoms with Crippen LogP contribution in [0.25, 0.3) is 11.2 Å². The average molecular weight is 466 g/mol. The topological polar surface area (TPSA) is 74.3 Å². The summed E-state index contributed by atoms with van der Waals surface area (Å²) in [5.74, 6) is 0.672. The van der Waals surface area contributed by atoms with Crippen molar-refractivity contribution in [2.45, 2.75) is 39.1 Å². The highest BCUT2D eigenvalue weighted by Crippen LogP contribution is 2.27. The molecule has 2 atom stereocenters. The van der Waals surface area contributed by atoms with Crippen LogP contribution in [0, 0.1) is 0 Å². The van der Waals surface area contributed by atoms with Gasteiger partial charge >= 0.3 is 5.69 Å². The number of imidazole rings is 1. The number of morpholine rings is 1. The number of hydrogen-bond donors (Lipinski definition) is 0. The molecule has 8 nitrogen and oxygen atoms in total. The zero-order chi connectivity index (χ0) is 22.4. The van der Waals surface area contributed by atoms with Crippen molar-refractivity contribution in [2.75, 3.05) is 13.1 Å². The molecule has 0 aliphatic carbocycles. The van der Waals surface area contributed by atoms with Gasteiger partial charge in [-0.15, -0.1) is 0 Å². The van der Waals surface area contributed by atoms with E-state index in [2.05, 4.69) is 4.90 Å². The number of fused-ring (bicyclic) bond motifs is 1. The first-order chi connectivity index (χ1) is 14.7. The molecule has 0 unspecified atom stereocenters. The lowest BCUT2D eigenvalue weighted by atomic mass is 10.2. The van der Waals surface area contributed by atoms with E-state index in [4.69, 9.17) is 32.9 Å². The van der Waals surface area contributed by atoms with Crippen LogP contribution in [0.5, 0.6) is 0 Å². The van der Waals surface area contributed by atoms with Crippen LogP contribution in [0.3, 0.4) is 0 Å². The Kier molecular flexibility index (Phi) is 6.00. The number of ether oxygens (including phenoxy) is 1. The maximum Gasteiger partial charge on any atom is 0.332 e. The van der Waals surface area contributed by atoms with Gasteiger partial charge in [0.2, 0.25) is 0 Å². The summed E-state index contributed by atoms with van der Waals surface area (Å²) >= 11 is 12.8. The van der Waals surface area contributed by atoms with Crippen LogP contribution >= 0.6 is 23.2 Å². The van der Waals surface area contributed by atoms with Crippen LogP contribution in [-0.2, 0) is 31.9 Å². The number of nitrogens with zero attached hydrogens (tertiary/aromatic N) is 5. The predicted molar refractivity (Wildman–Crippen MR) is 121 cm³/mol. The summed E-state index contributed by atoms with van der Waals surface area (Å²) in [6.45, 7) is 6.34. The van der Waals surface area contributed by atoms with Gasteiger partial charge < -0.3 is 9.30 Å². The normalized spacial score (nSPS) is 19.9. The van der Waals surface area contributed by atoms with E-state index in [0.29, 0.717) is 39.1 Å². The third kappa shape index (κ3) is 4.05. The van der Waals surface area contributed by atoms with Crippen molar-refractivity contribution in [3.8, 4) is 0 Å². The first-order valence-corrected chi connectivity index (χ1v) is 10.9. The second-order valence-electron chi connectivity index (χ2n) is 8.14. The third-order valence-electron chi connectivity index (χ3n) is 5.67. The van der Waals surface area contributed by atoms with E-state index in [1.807, 2.05) is 18.4 Å². The van der Waals surface area contributed by atoms with Crippen LogP contribution in [0.15, 0.2) is 27.8 Å². The van der Waals surface area contributed by atoms with Gasteiger partial charge in [-0.3, -0.25) is 18.8 Å². The first-order valence-electron chi connectivity index (χ1n) is 10.1. The summed E-state index contributed by atoms with van der Waals surface area (Å²) < 4.78 is 10.2. The Morgan fingerprint density at radius 3 is 2.26 bits per heavy atom. The summed E-state index contributed by atoms with van der Waals surface area (Å²) in [4.78, 5) is 32.5. The molecule has 31 heavy (non-hydrogen) atoms. The van der Waals surface area contributed by atoms with Gasteiger partial charge in [0.15, 0.2) is 11.2 Å². The van der Waals surface area contributed by atoms with Crippen molar-refractivity contribution in [3.05, 3.63) is 60.5 Å². The molecule has 1 fully saturated rings. The predicted octanol–water partition coefficient (Wildman–Crippen LogP) is 2.40. The number of hydrogen-bond acceptors (Lipinski definition) is 5. The molecule has 0 N–H and O–H groups in total. The Morgan fingerprint density at radius 2 is 1.65 bits per heavy atom. The molecule has 3 aromatic rings. The highest BCUT2D eigenvalue weighted by Gasteiger charge is 2.26. The van der Waals surface area contributed by atoms with Crippen LogP contribution in [-0.4, -0.2) is 48.9 Å². The lowest BCUT2D eigenvalue weighted by molar-refractivity contribution is -0.0712. The Balaban J connectivity index is 1.89. The van der Waals surface area contributed by atoms with Crippen molar-refractivity contribution >= 4 is 34.4 Å². The molecule has 2 aromatic heterocycles. The first kappa shape index (κ1) is 22.1. The number of benzene rings is 1. The number of aromatic nitrogens is 4. The molecule has 1 aliphatic heterocycles. The molecule has 10 heteroatoms. The maximum absolute atomic E-state index is 13.1. The zero-order valence-corrected chi connectivity index (χ0v) is 19.4. The summed E-state index contributed by atoms with van der Waals surface area (Å²) in [7, 11) is 3.08. The molecule has 1 aliphatic rings. The van der Waals surface area contributed by atoms with Crippen LogP contribution < -0.4 is 11.2 Å². The summed E-state index contributed by atoms with van der Waals surface area (Å²) in [5, 5.41) is 1.02. The molecule has 0 bridgehead atoms. The molecule has 0 spiro atoms.